The second kappa shape index (κ2) is 3.90. The minimum absolute atomic E-state index is 0.0695. The van der Waals surface area contributed by atoms with E-state index in [1.165, 1.54) is 0 Å². The highest BCUT2D eigenvalue weighted by molar-refractivity contribution is 5.80. The van der Waals surface area contributed by atoms with Gasteiger partial charge in [-0.25, -0.2) is 0 Å². The Balaban J connectivity index is 2.63. The number of nitrogens with zero attached hydrogens (tertiary/aromatic N) is 1. The van der Waals surface area contributed by atoms with Crippen molar-refractivity contribution < 1.29 is 9.59 Å². The zero-order chi connectivity index (χ0) is 10.0. The lowest BCUT2D eigenvalue weighted by Crippen LogP contribution is -2.46. The van der Waals surface area contributed by atoms with Gasteiger partial charge in [0.05, 0.1) is 0 Å². The standard InChI is InChI=1S/C10H17NO2/c1-7-4-5-10(8(2)12)6-11(7)9(3)13/h7,10H,4-6H2,1-3H3. The smallest absolute Gasteiger partial charge is 0.219 e. The molecule has 0 aromatic heterocycles. The predicted molar refractivity (Wildman–Crippen MR) is 50.3 cm³/mol. The number of carbonyl (C=O) groups is 2. The van der Waals surface area contributed by atoms with E-state index in [-0.39, 0.29) is 17.6 Å². The molecule has 0 aliphatic carbocycles. The average Bonchev–Trinajstić information content (AvgIpc) is 2.04. The van der Waals surface area contributed by atoms with E-state index >= 15 is 0 Å². The molecule has 0 bridgehead atoms. The normalized spacial score (nSPS) is 28.7. The Labute approximate surface area is 79.1 Å². The second-order valence-corrected chi connectivity index (χ2v) is 3.91. The van der Waals surface area contributed by atoms with Crippen LogP contribution in [0.25, 0.3) is 0 Å². The van der Waals surface area contributed by atoms with Crippen molar-refractivity contribution in [1.82, 2.24) is 4.90 Å². The highest BCUT2D eigenvalue weighted by Gasteiger charge is 2.28. The van der Waals surface area contributed by atoms with E-state index in [1.807, 2.05) is 6.92 Å². The first-order chi connectivity index (χ1) is 6.02. The van der Waals surface area contributed by atoms with Crippen molar-refractivity contribution in [3.8, 4) is 0 Å². The topological polar surface area (TPSA) is 37.4 Å². The third-order valence-electron chi connectivity index (χ3n) is 2.86. The van der Waals surface area contributed by atoms with E-state index in [2.05, 4.69) is 0 Å². The third-order valence-corrected chi connectivity index (χ3v) is 2.86. The molecule has 0 spiro atoms. The Morgan fingerprint density at radius 2 is 1.85 bits per heavy atom. The van der Waals surface area contributed by atoms with Crippen molar-refractivity contribution in [2.75, 3.05) is 6.54 Å². The number of amides is 1. The van der Waals surface area contributed by atoms with Crippen LogP contribution in [-0.2, 0) is 9.59 Å². The molecular weight excluding hydrogens is 166 g/mol. The minimum atomic E-state index is 0.0695. The summed E-state index contributed by atoms with van der Waals surface area (Å²) in [6, 6.07) is 0.299. The molecule has 1 aliphatic heterocycles. The number of hydrogen-bond donors (Lipinski definition) is 0. The van der Waals surface area contributed by atoms with Gasteiger partial charge in [-0.1, -0.05) is 0 Å². The molecule has 13 heavy (non-hydrogen) atoms. The fraction of sp³-hybridized carbons (Fsp3) is 0.800. The molecule has 3 nitrogen and oxygen atoms in total. The third kappa shape index (κ3) is 2.29. The van der Waals surface area contributed by atoms with Crippen LogP contribution in [0.1, 0.15) is 33.6 Å². The van der Waals surface area contributed by atoms with Crippen molar-refractivity contribution in [1.29, 1.82) is 0 Å². The van der Waals surface area contributed by atoms with Gasteiger partial charge in [0.2, 0.25) is 5.91 Å². The van der Waals surface area contributed by atoms with Crippen molar-refractivity contribution in [2.24, 2.45) is 5.92 Å². The maximum absolute atomic E-state index is 11.2. The van der Waals surface area contributed by atoms with Crippen LogP contribution in [0, 0.1) is 5.92 Å². The number of likely N-dealkylation sites (tertiary alicyclic amines) is 1. The largest absolute Gasteiger partial charge is 0.340 e. The van der Waals surface area contributed by atoms with Gasteiger partial charge in [0.15, 0.2) is 0 Å². The summed E-state index contributed by atoms with van der Waals surface area (Å²) in [5.41, 5.74) is 0. The Morgan fingerprint density at radius 3 is 2.31 bits per heavy atom. The lowest BCUT2D eigenvalue weighted by atomic mass is 9.91. The highest BCUT2D eigenvalue weighted by atomic mass is 16.2. The second-order valence-electron chi connectivity index (χ2n) is 3.91. The minimum Gasteiger partial charge on any atom is -0.340 e. The predicted octanol–water partition coefficient (Wildman–Crippen LogP) is 1.22. The Hall–Kier alpha value is -0.860. The molecular formula is C10H17NO2. The molecule has 0 saturated carbocycles. The van der Waals surface area contributed by atoms with Gasteiger partial charge in [0, 0.05) is 25.4 Å². The first-order valence-corrected chi connectivity index (χ1v) is 4.80. The van der Waals surface area contributed by atoms with E-state index in [9.17, 15) is 9.59 Å². The molecule has 1 fully saturated rings. The van der Waals surface area contributed by atoms with Crippen molar-refractivity contribution in [3.05, 3.63) is 0 Å². The average molecular weight is 183 g/mol. The van der Waals surface area contributed by atoms with Crippen LogP contribution in [0.2, 0.25) is 0 Å². The molecule has 3 heteroatoms. The van der Waals surface area contributed by atoms with Crippen molar-refractivity contribution >= 4 is 11.7 Å². The molecule has 1 aliphatic rings. The van der Waals surface area contributed by atoms with Gasteiger partial charge in [-0.3, -0.25) is 9.59 Å². The number of rotatable bonds is 1. The Kier molecular flexibility index (Phi) is 3.07. The van der Waals surface area contributed by atoms with Gasteiger partial charge >= 0.3 is 0 Å². The van der Waals surface area contributed by atoms with Crippen LogP contribution in [-0.4, -0.2) is 29.2 Å². The molecule has 0 radical (unpaired) electrons. The molecule has 74 valence electrons. The summed E-state index contributed by atoms with van der Waals surface area (Å²) >= 11 is 0. The Morgan fingerprint density at radius 1 is 1.23 bits per heavy atom. The molecule has 1 saturated heterocycles. The first kappa shape index (κ1) is 10.2. The fourth-order valence-corrected chi connectivity index (χ4v) is 1.88. The maximum Gasteiger partial charge on any atom is 0.219 e. The number of piperidine rings is 1. The SMILES string of the molecule is CC(=O)C1CCC(C)N(C(C)=O)C1. The van der Waals surface area contributed by atoms with E-state index in [0.717, 1.165) is 12.8 Å². The lowest BCUT2D eigenvalue weighted by Gasteiger charge is -2.36. The fourth-order valence-electron chi connectivity index (χ4n) is 1.88. The number of hydrogen-bond acceptors (Lipinski definition) is 2. The zero-order valence-electron chi connectivity index (χ0n) is 8.54. The van der Waals surface area contributed by atoms with Crippen LogP contribution in [0.15, 0.2) is 0 Å². The van der Waals surface area contributed by atoms with Crippen LogP contribution >= 0.6 is 0 Å². The molecule has 0 aromatic rings. The van der Waals surface area contributed by atoms with Gasteiger partial charge < -0.3 is 4.90 Å². The zero-order valence-corrected chi connectivity index (χ0v) is 8.54. The van der Waals surface area contributed by atoms with Gasteiger partial charge in [0.25, 0.3) is 0 Å². The van der Waals surface area contributed by atoms with Crippen LogP contribution in [0.4, 0.5) is 0 Å². The summed E-state index contributed by atoms with van der Waals surface area (Å²) in [6.07, 6.45) is 1.88. The van der Waals surface area contributed by atoms with E-state index < -0.39 is 0 Å². The molecule has 2 atom stereocenters. The first-order valence-electron chi connectivity index (χ1n) is 4.80. The molecule has 1 heterocycles. The van der Waals surface area contributed by atoms with Gasteiger partial charge in [-0.15, -0.1) is 0 Å². The van der Waals surface area contributed by atoms with Gasteiger partial charge in [-0.2, -0.15) is 0 Å². The van der Waals surface area contributed by atoms with E-state index in [4.69, 9.17) is 0 Å². The van der Waals surface area contributed by atoms with E-state index in [1.54, 1.807) is 18.7 Å². The van der Waals surface area contributed by atoms with Crippen LogP contribution in [0.5, 0.6) is 0 Å². The maximum atomic E-state index is 11.2. The van der Waals surface area contributed by atoms with Gasteiger partial charge in [0.1, 0.15) is 5.78 Å². The molecule has 1 rings (SSSR count). The van der Waals surface area contributed by atoms with E-state index in [0.29, 0.717) is 12.6 Å². The molecule has 0 N–H and O–H groups in total. The summed E-state index contributed by atoms with van der Waals surface area (Å²) in [5.74, 6) is 0.358. The monoisotopic (exact) mass is 183 g/mol. The summed E-state index contributed by atoms with van der Waals surface area (Å²) < 4.78 is 0. The van der Waals surface area contributed by atoms with Crippen molar-refractivity contribution in [2.45, 2.75) is 39.7 Å². The number of ketones is 1. The molecule has 0 aromatic carbocycles. The van der Waals surface area contributed by atoms with Crippen LogP contribution in [0.3, 0.4) is 0 Å². The van der Waals surface area contributed by atoms with Crippen LogP contribution < -0.4 is 0 Å². The summed E-state index contributed by atoms with van der Waals surface area (Å²) in [4.78, 5) is 24.1. The van der Waals surface area contributed by atoms with Gasteiger partial charge in [-0.05, 0) is 26.7 Å². The Bertz CT molecular complexity index is 225. The number of Topliss-reactive ketones (excluding diaryl/α,β-unsaturated/α-hetero) is 1. The molecule has 2 unspecified atom stereocenters. The lowest BCUT2D eigenvalue weighted by molar-refractivity contribution is -0.135. The summed E-state index contributed by atoms with van der Waals surface area (Å²) in [5, 5.41) is 0. The molecule has 1 amide bonds. The van der Waals surface area contributed by atoms with Crippen molar-refractivity contribution in [3.63, 3.8) is 0 Å². The number of carbonyl (C=O) groups excluding carboxylic acids is 2. The quantitative estimate of drug-likeness (QED) is 0.613. The highest BCUT2D eigenvalue weighted by Crippen LogP contribution is 2.22. The summed E-state index contributed by atoms with van der Waals surface area (Å²) in [7, 11) is 0. The summed E-state index contributed by atoms with van der Waals surface area (Å²) in [6.45, 7) is 5.83.